The first-order chi connectivity index (χ1) is 5.22. The second-order valence-electron chi connectivity index (χ2n) is 2.03. The average molecular weight is 156 g/mol. The minimum Gasteiger partial charge on any atom is -0.387 e. The summed E-state index contributed by atoms with van der Waals surface area (Å²) in [6, 6.07) is 1.56. The van der Waals surface area contributed by atoms with Crippen LogP contribution in [0.5, 0.6) is 0 Å². The molecule has 0 radical (unpaired) electrons. The molecule has 0 aliphatic heterocycles. The molecular formula is C6H8N2O3. The highest BCUT2D eigenvalue weighted by Crippen LogP contribution is 2.05. The third-order valence-corrected chi connectivity index (χ3v) is 1.04. The van der Waals surface area contributed by atoms with Gasteiger partial charge in [0, 0.05) is 6.07 Å². The second-order valence-corrected chi connectivity index (χ2v) is 2.03. The van der Waals surface area contributed by atoms with Crippen molar-refractivity contribution in [2.24, 2.45) is 0 Å². The van der Waals surface area contributed by atoms with Crippen molar-refractivity contribution in [2.45, 2.75) is 6.92 Å². The number of amides is 1. The van der Waals surface area contributed by atoms with Gasteiger partial charge in [-0.25, -0.2) is 0 Å². The maximum Gasteiger partial charge on any atom is 0.251 e. The van der Waals surface area contributed by atoms with Crippen LogP contribution in [0.1, 0.15) is 5.76 Å². The molecule has 1 rings (SSSR count). The lowest BCUT2D eigenvalue weighted by Crippen LogP contribution is -2.15. The molecule has 0 aromatic carbocycles. The van der Waals surface area contributed by atoms with E-state index in [0.717, 1.165) is 0 Å². The van der Waals surface area contributed by atoms with Crippen molar-refractivity contribution in [3.05, 3.63) is 11.8 Å². The number of rotatable bonds is 2. The summed E-state index contributed by atoms with van der Waals surface area (Å²) in [6.07, 6.45) is 0. The molecule has 0 aliphatic rings. The average Bonchev–Trinajstić information content (AvgIpc) is 2.35. The number of carbonyl (C=O) groups excluding carboxylic acids is 1. The summed E-state index contributed by atoms with van der Waals surface area (Å²) in [5.41, 5.74) is 0. The SMILES string of the molecule is Cc1cc(NC(=O)CO)no1. The topological polar surface area (TPSA) is 75.4 Å². The van der Waals surface area contributed by atoms with Crippen LogP contribution >= 0.6 is 0 Å². The number of nitrogens with zero attached hydrogens (tertiary/aromatic N) is 1. The van der Waals surface area contributed by atoms with Gasteiger partial charge in [0.15, 0.2) is 5.82 Å². The molecule has 5 heteroatoms. The van der Waals surface area contributed by atoms with Crippen molar-refractivity contribution in [2.75, 3.05) is 11.9 Å². The van der Waals surface area contributed by atoms with E-state index in [-0.39, 0.29) is 0 Å². The van der Waals surface area contributed by atoms with E-state index in [9.17, 15) is 4.79 Å². The minimum absolute atomic E-state index is 0.321. The first kappa shape index (κ1) is 7.74. The smallest absolute Gasteiger partial charge is 0.251 e. The van der Waals surface area contributed by atoms with Gasteiger partial charge in [0.2, 0.25) is 0 Å². The Balaban J connectivity index is 2.57. The molecule has 11 heavy (non-hydrogen) atoms. The first-order valence-corrected chi connectivity index (χ1v) is 3.06. The molecule has 0 unspecified atom stereocenters. The molecule has 5 nitrogen and oxygen atoms in total. The molecule has 0 bridgehead atoms. The Labute approximate surface area is 63.0 Å². The third-order valence-electron chi connectivity index (χ3n) is 1.04. The van der Waals surface area contributed by atoms with Gasteiger partial charge in [0.1, 0.15) is 12.4 Å². The minimum atomic E-state index is -0.550. The van der Waals surface area contributed by atoms with Gasteiger partial charge in [0.25, 0.3) is 5.91 Å². The first-order valence-electron chi connectivity index (χ1n) is 3.06. The summed E-state index contributed by atoms with van der Waals surface area (Å²) < 4.78 is 4.66. The van der Waals surface area contributed by atoms with E-state index in [1.54, 1.807) is 13.0 Å². The lowest BCUT2D eigenvalue weighted by atomic mass is 10.5. The number of anilines is 1. The van der Waals surface area contributed by atoms with Gasteiger partial charge in [-0.3, -0.25) is 4.79 Å². The van der Waals surface area contributed by atoms with E-state index in [1.165, 1.54) is 0 Å². The number of aromatic nitrogens is 1. The van der Waals surface area contributed by atoms with E-state index < -0.39 is 12.5 Å². The number of hydrogen-bond acceptors (Lipinski definition) is 4. The predicted molar refractivity (Wildman–Crippen MR) is 37.0 cm³/mol. The highest BCUT2D eigenvalue weighted by atomic mass is 16.5. The zero-order valence-electron chi connectivity index (χ0n) is 6.00. The largest absolute Gasteiger partial charge is 0.387 e. The van der Waals surface area contributed by atoms with Crippen molar-refractivity contribution in [3.8, 4) is 0 Å². The van der Waals surface area contributed by atoms with Gasteiger partial charge in [-0.2, -0.15) is 0 Å². The number of carbonyl (C=O) groups is 1. The number of nitrogens with one attached hydrogen (secondary N) is 1. The summed E-state index contributed by atoms with van der Waals surface area (Å²) in [5.74, 6) is 0.429. The molecule has 0 saturated heterocycles. The summed E-state index contributed by atoms with van der Waals surface area (Å²) in [4.78, 5) is 10.5. The van der Waals surface area contributed by atoms with E-state index in [4.69, 9.17) is 5.11 Å². The van der Waals surface area contributed by atoms with Crippen molar-refractivity contribution >= 4 is 11.7 Å². The van der Waals surface area contributed by atoms with Crippen molar-refractivity contribution in [1.82, 2.24) is 5.16 Å². The Morgan fingerprint density at radius 1 is 1.91 bits per heavy atom. The maximum atomic E-state index is 10.5. The fourth-order valence-corrected chi connectivity index (χ4v) is 0.608. The van der Waals surface area contributed by atoms with E-state index in [2.05, 4.69) is 15.0 Å². The van der Waals surface area contributed by atoms with Crippen LogP contribution in [0.25, 0.3) is 0 Å². The number of aliphatic hydroxyl groups excluding tert-OH is 1. The lowest BCUT2D eigenvalue weighted by Gasteiger charge is -1.93. The molecule has 0 aliphatic carbocycles. The fourth-order valence-electron chi connectivity index (χ4n) is 0.608. The van der Waals surface area contributed by atoms with Gasteiger partial charge < -0.3 is 14.9 Å². The summed E-state index contributed by atoms with van der Waals surface area (Å²) in [7, 11) is 0. The number of hydrogen-bond donors (Lipinski definition) is 2. The Morgan fingerprint density at radius 2 is 2.64 bits per heavy atom. The molecule has 0 fully saturated rings. The van der Waals surface area contributed by atoms with Crippen LogP contribution in [0.2, 0.25) is 0 Å². The standard InChI is InChI=1S/C6H8N2O3/c1-4-2-5(8-11-4)7-6(10)3-9/h2,9H,3H2,1H3,(H,7,8,10). The van der Waals surface area contributed by atoms with E-state index in [1.807, 2.05) is 0 Å². The normalized spacial score (nSPS) is 9.64. The van der Waals surface area contributed by atoms with Crippen LogP contribution in [-0.4, -0.2) is 22.8 Å². The van der Waals surface area contributed by atoms with Crippen LogP contribution in [0.3, 0.4) is 0 Å². The van der Waals surface area contributed by atoms with Crippen LogP contribution in [0.15, 0.2) is 10.6 Å². The Bertz CT molecular complexity index is 256. The van der Waals surface area contributed by atoms with Crippen molar-refractivity contribution < 1.29 is 14.4 Å². The summed E-state index contributed by atoms with van der Waals surface area (Å²) >= 11 is 0. The molecule has 0 spiro atoms. The molecule has 0 atom stereocenters. The molecule has 1 amide bonds. The van der Waals surface area contributed by atoms with Gasteiger partial charge in [-0.05, 0) is 6.92 Å². The van der Waals surface area contributed by atoms with Crippen molar-refractivity contribution in [3.63, 3.8) is 0 Å². The molecule has 1 aromatic rings. The predicted octanol–water partition coefficient (Wildman–Crippen LogP) is -0.0862. The zero-order valence-corrected chi connectivity index (χ0v) is 6.00. The van der Waals surface area contributed by atoms with Crippen LogP contribution in [0, 0.1) is 6.92 Å². The van der Waals surface area contributed by atoms with Gasteiger partial charge in [0.05, 0.1) is 0 Å². The van der Waals surface area contributed by atoms with E-state index >= 15 is 0 Å². The quantitative estimate of drug-likeness (QED) is 0.627. The van der Waals surface area contributed by atoms with Gasteiger partial charge >= 0.3 is 0 Å². The molecule has 60 valence electrons. The highest BCUT2D eigenvalue weighted by Gasteiger charge is 2.03. The van der Waals surface area contributed by atoms with Gasteiger partial charge in [-0.15, -0.1) is 0 Å². The van der Waals surface area contributed by atoms with Crippen molar-refractivity contribution in [1.29, 1.82) is 0 Å². The molecule has 0 saturated carbocycles. The zero-order chi connectivity index (χ0) is 8.27. The number of aryl methyl sites for hydroxylation is 1. The Hall–Kier alpha value is -1.36. The second kappa shape index (κ2) is 3.16. The van der Waals surface area contributed by atoms with E-state index in [0.29, 0.717) is 11.6 Å². The molecule has 1 heterocycles. The molecule has 1 aromatic heterocycles. The maximum absolute atomic E-state index is 10.5. The lowest BCUT2D eigenvalue weighted by molar-refractivity contribution is -0.118. The number of aliphatic hydroxyl groups is 1. The highest BCUT2D eigenvalue weighted by molar-refractivity contribution is 5.90. The van der Waals surface area contributed by atoms with Gasteiger partial charge in [-0.1, -0.05) is 5.16 Å². The molecule has 2 N–H and O–H groups in total. The third kappa shape index (κ3) is 2.05. The Kier molecular flexibility index (Phi) is 2.22. The van der Waals surface area contributed by atoms with Crippen LogP contribution in [0.4, 0.5) is 5.82 Å². The monoisotopic (exact) mass is 156 g/mol. The Morgan fingerprint density at radius 3 is 3.09 bits per heavy atom. The van der Waals surface area contributed by atoms with Crippen LogP contribution in [-0.2, 0) is 4.79 Å². The fraction of sp³-hybridized carbons (Fsp3) is 0.333. The summed E-state index contributed by atoms with van der Waals surface area (Å²) in [5, 5.41) is 14.1. The molecular weight excluding hydrogens is 148 g/mol. The van der Waals surface area contributed by atoms with Crippen LogP contribution < -0.4 is 5.32 Å². The summed E-state index contributed by atoms with van der Waals surface area (Å²) in [6.45, 7) is 1.16.